The number of aromatic nitrogens is 2. The molecule has 1 saturated carbocycles. The molecule has 0 unspecified atom stereocenters. The quantitative estimate of drug-likeness (QED) is 0.649. The number of carbonyl (C=O) groups excluding carboxylic acids is 1. The Labute approximate surface area is 188 Å². The molecule has 1 amide bonds. The maximum atomic E-state index is 12.5. The largest absolute Gasteiger partial charge is 0.444 e. The molecule has 0 radical (unpaired) electrons. The van der Waals surface area contributed by atoms with E-state index in [1.165, 1.54) is 69.6 Å². The zero-order valence-corrected chi connectivity index (χ0v) is 19.9. The highest BCUT2D eigenvalue weighted by molar-refractivity contribution is 5.68. The van der Waals surface area contributed by atoms with Crippen LogP contribution in [0, 0.1) is 0 Å². The SMILES string of the molecule is CC(C)(C)OC(=O)N1CCC(c2nc(C3CCCCC3)cn2CCN2CCCC2)CC1. The summed E-state index contributed by atoms with van der Waals surface area (Å²) >= 11 is 0. The Morgan fingerprint density at radius 2 is 1.61 bits per heavy atom. The monoisotopic (exact) mass is 430 g/mol. The lowest BCUT2D eigenvalue weighted by molar-refractivity contribution is 0.0202. The van der Waals surface area contributed by atoms with E-state index in [9.17, 15) is 4.79 Å². The van der Waals surface area contributed by atoms with Gasteiger partial charge in [-0.2, -0.15) is 0 Å². The van der Waals surface area contributed by atoms with Gasteiger partial charge in [0.1, 0.15) is 11.4 Å². The number of rotatable bonds is 5. The van der Waals surface area contributed by atoms with E-state index in [1.54, 1.807) is 0 Å². The minimum absolute atomic E-state index is 0.175. The van der Waals surface area contributed by atoms with Crippen LogP contribution in [0.15, 0.2) is 6.20 Å². The number of hydrogen-bond acceptors (Lipinski definition) is 4. The summed E-state index contributed by atoms with van der Waals surface area (Å²) in [5, 5.41) is 0. The average molecular weight is 431 g/mol. The zero-order valence-electron chi connectivity index (χ0n) is 19.9. The fourth-order valence-electron chi connectivity index (χ4n) is 5.45. The van der Waals surface area contributed by atoms with Gasteiger partial charge in [-0.25, -0.2) is 9.78 Å². The average Bonchev–Trinajstić information content (AvgIpc) is 3.42. The molecule has 174 valence electrons. The van der Waals surface area contributed by atoms with Gasteiger partial charge in [-0.05, 0) is 72.4 Å². The first-order chi connectivity index (χ1) is 14.9. The van der Waals surface area contributed by atoms with Gasteiger partial charge in [-0.1, -0.05) is 19.3 Å². The number of amides is 1. The van der Waals surface area contributed by atoms with E-state index in [-0.39, 0.29) is 6.09 Å². The Morgan fingerprint density at radius 1 is 0.935 bits per heavy atom. The number of nitrogens with zero attached hydrogens (tertiary/aromatic N) is 4. The first-order valence-corrected chi connectivity index (χ1v) is 12.7. The molecule has 4 rings (SSSR count). The first-order valence-electron chi connectivity index (χ1n) is 12.7. The van der Waals surface area contributed by atoms with E-state index < -0.39 is 5.60 Å². The van der Waals surface area contributed by atoms with Crippen molar-refractivity contribution in [3.8, 4) is 0 Å². The van der Waals surface area contributed by atoms with Crippen LogP contribution in [0.25, 0.3) is 0 Å². The molecular weight excluding hydrogens is 388 g/mol. The number of imidazole rings is 1. The van der Waals surface area contributed by atoms with Crippen LogP contribution < -0.4 is 0 Å². The molecule has 3 heterocycles. The molecule has 31 heavy (non-hydrogen) atoms. The van der Waals surface area contributed by atoms with Crippen molar-refractivity contribution < 1.29 is 9.53 Å². The van der Waals surface area contributed by atoms with Gasteiger partial charge in [-0.15, -0.1) is 0 Å². The van der Waals surface area contributed by atoms with Crippen molar-refractivity contribution in [2.24, 2.45) is 0 Å². The Balaban J connectivity index is 1.43. The molecule has 0 N–H and O–H groups in total. The molecular formula is C25H42N4O2. The molecule has 0 bridgehead atoms. The van der Waals surface area contributed by atoms with Crippen LogP contribution >= 0.6 is 0 Å². The number of piperidine rings is 1. The van der Waals surface area contributed by atoms with Gasteiger partial charge in [0.2, 0.25) is 0 Å². The van der Waals surface area contributed by atoms with E-state index in [0.29, 0.717) is 11.8 Å². The van der Waals surface area contributed by atoms with Crippen molar-refractivity contribution in [2.45, 2.75) is 103 Å². The second kappa shape index (κ2) is 9.93. The van der Waals surface area contributed by atoms with Crippen LogP contribution in [0.4, 0.5) is 4.79 Å². The lowest BCUT2D eigenvalue weighted by atomic mass is 9.87. The third-order valence-electron chi connectivity index (χ3n) is 7.22. The molecule has 0 spiro atoms. The molecule has 1 aromatic rings. The topological polar surface area (TPSA) is 50.6 Å². The minimum Gasteiger partial charge on any atom is -0.444 e. The molecule has 1 aromatic heterocycles. The fourth-order valence-corrected chi connectivity index (χ4v) is 5.45. The third-order valence-corrected chi connectivity index (χ3v) is 7.22. The van der Waals surface area contributed by atoms with Gasteiger partial charge < -0.3 is 19.1 Å². The van der Waals surface area contributed by atoms with E-state index in [1.807, 2.05) is 25.7 Å². The smallest absolute Gasteiger partial charge is 0.410 e. The maximum absolute atomic E-state index is 12.5. The molecule has 2 aliphatic heterocycles. The Kier molecular flexibility index (Phi) is 7.25. The van der Waals surface area contributed by atoms with Crippen LogP contribution in [0.5, 0.6) is 0 Å². The summed E-state index contributed by atoms with van der Waals surface area (Å²) in [6.07, 6.45) is 13.5. The van der Waals surface area contributed by atoms with Gasteiger partial charge >= 0.3 is 6.09 Å². The van der Waals surface area contributed by atoms with E-state index in [2.05, 4.69) is 15.7 Å². The van der Waals surface area contributed by atoms with Gasteiger partial charge in [0, 0.05) is 44.2 Å². The second-order valence-corrected chi connectivity index (χ2v) is 10.8. The Bertz CT molecular complexity index is 718. The van der Waals surface area contributed by atoms with Gasteiger partial charge in [0.15, 0.2) is 0 Å². The van der Waals surface area contributed by atoms with Crippen molar-refractivity contribution in [1.29, 1.82) is 0 Å². The van der Waals surface area contributed by atoms with Gasteiger partial charge in [0.05, 0.1) is 5.69 Å². The Hall–Kier alpha value is -1.56. The summed E-state index contributed by atoms with van der Waals surface area (Å²) in [5.41, 5.74) is 0.889. The lowest BCUT2D eigenvalue weighted by Crippen LogP contribution is -2.41. The molecule has 0 aromatic carbocycles. The number of likely N-dealkylation sites (tertiary alicyclic amines) is 2. The second-order valence-electron chi connectivity index (χ2n) is 10.8. The summed E-state index contributed by atoms with van der Waals surface area (Å²) in [6.45, 7) is 12.0. The number of hydrogen-bond donors (Lipinski definition) is 0. The first kappa shape index (κ1) is 22.6. The molecule has 6 nitrogen and oxygen atoms in total. The molecule has 0 atom stereocenters. The predicted octanol–water partition coefficient (Wildman–Crippen LogP) is 5.14. The van der Waals surface area contributed by atoms with Gasteiger partial charge in [-0.3, -0.25) is 0 Å². The summed E-state index contributed by atoms with van der Waals surface area (Å²) in [7, 11) is 0. The van der Waals surface area contributed by atoms with Crippen LogP contribution in [0.3, 0.4) is 0 Å². The van der Waals surface area contributed by atoms with Crippen molar-refractivity contribution in [2.75, 3.05) is 32.7 Å². The summed E-state index contributed by atoms with van der Waals surface area (Å²) in [6, 6.07) is 0. The van der Waals surface area contributed by atoms with Crippen LogP contribution in [0.2, 0.25) is 0 Å². The lowest BCUT2D eigenvalue weighted by Gasteiger charge is -2.33. The van der Waals surface area contributed by atoms with Crippen molar-refractivity contribution in [1.82, 2.24) is 19.4 Å². The predicted molar refractivity (Wildman–Crippen MR) is 124 cm³/mol. The summed E-state index contributed by atoms with van der Waals surface area (Å²) in [4.78, 5) is 22.2. The highest BCUT2D eigenvalue weighted by Gasteiger charge is 2.30. The molecule has 6 heteroatoms. The third kappa shape index (κ3) is 6.03. The maximum Gasteiger partial charge on any atom is 0.410 e. The van der Waals surface area contributed by atoms with Crippen LogP contribution in [-0.2, 0) is 11.3 Å². The zero-order chi connectivity index (χ0) is 21.8. The highest BCUT2D eigenvalue weighted by Crippen LogP contribution is 2.35. The van der Waals surface area contributed by atoms with E-state index >= 15 is 0 Å². The van der Waals surface area contributed by atoms with Crippen molar-refractivity contribution >= 4 is 6.09 Å². The van der Waals surface area contributed by atoms with Crippen LogP contribution in [-0.4, -0.2) is 63.8 Å². The van der Waals surface area contributed by atoms with Crippen molar-refractivity contribution in [3.63, 3.8) is 0 Å². The van der Waals surface area contributed by atoms with E-state index in [0.717, 1.165) is 39.0 Å². The van der Waals surface area contributed by atoms with E-state index in [4.69, 9.17) is 9.72 Å². The molecule has 3 aliphatic rings. The minimum atomic E-state index is -0.436. The normalized spacial score (nSPS) is 22.2. The fraction of sp³-hybridized carbons (Fsp3) is 0.840. The summed E-state index contributed by atoms with van der Waals surface area (Å²) in [5.74, 6) is 2.35. The van der Waals surface area contributed by atoms with Crippen molar-refractivity contribution in [3.05, 3.63) is 17.7 Å². The molecule has 2 saturated heterocycles. The number of carbonyl (C=O) groups is 1. The standard InChI is InChI=1S/C25H42N4O2/c1-25(2,3)31-24(30)28-15-11-21(12-16-28)23-26-22(20-9-5-4-6-10-20)19-29(23)18-17-27-13-7-8-14-27/h19-21H,4-18H2,1-3H3. The number of ether oxygens (including phenoxy) is 1. The summed E-state index contributed by atoms with van der Waals surface area (Å²) < 4.78 is 8.05. The Morgan fingerprint density at radius 3 is 2.26 bits per heavy atom. The van der Waals surface area contributed by atoms with Gasteiger partial charge in [0.25, 0.3) is 0 Å². The van der Waals surface area contributed by atoms with Crippen LogP contribution in [0.1, 0.15) is 102 Å². The molecule has 3 fully saturated rings. The highest BCUT2D eigenvalue weighted by atomic mass is 16.6. The molecule has 1 aliphatic carbocycles.